The van der Waals surface area contributed by atoms with Crippen molar-refractivity contribution in [2.24, 2.45) is 0 Å². The fourth-order valence-corrected chi connectivity index (χ4v) is 2.08. The Morgan fingerprint density at radius 1 is 1.47 bits per heavy atom. The number of carboxylic acid groups (broad SMARTS) is 1. The number of aliphatic carboxylic acids is 1. The molecule has 2 aromatic heterocycles. The van der Waals surface area contributed by atoms with E-state index in [1.807, 2.05) is 0 Å². The second-order valence-electron chi connectivity index (χ2n) is 3.42. The fraction of sp³-hybridized carbons (Fsp3) is 0.222. The van der Waals surface area contributed by atoms with Crippen molar-refractivity contribution in [3.05, 3.63) is 21.2 Å². The Morgan fingerprint density at radius 3 is 2.95 bits per heavy atom. The van der Waals surface area contributed by atoms with Gasteiger partial charge in [0.2, 0.25) is 10.9 Å². The number of nitrogens with one attached hydrogen (secondary N) is 2. The molecule has 0 aliphatic carbocycles. The Hall–Kier alpha value is -2.49. The third-order valence-corrected chi connectivity index (χ3v) is 3.03. The van der Waals surface area contributed by atoms with Crippen LogP contribution in [0.2, 0.25) is 0 Å². The lowest BCUT2D eigenvalue weighted by atomic mass is 10.5. The Kier molecular flexibility index (Phi) is 3.71. The maximum atomic E-state index is 11.7. The Balaban J connectivity index is 1.97. The van der Waals surface area contributed by atoms with Gasteiger partial charge in [-0.1, -0.05) is 11.3 Å². The van der Waals surface area contributed by atoms with Crippen LogP contribution >= 0.6 is 11.3 Å². The molecule has 2 rings (SSSR count). The molecule has 0 saturated carbocycles. The third-order valence-electron chi connectivity index (χ3n) is 2.05. The molecule has 9 nitrogen and oxygen atoms in total. The molecule has 10 heteroatoms. The first-order chi connectivity index (χ1) is 9.08. The predicted molar refractivity (Wildman–Crippen MR) is 65.5 cm³/mol. The minimum absolute atomic E-state index is 0.125. The van der Waals surface area contributed by atoms with E-state index in [0.717, 1.165) is 15.9 Å². The Bertz CT molecular complexity index is 721. The van der Waals surface area contributed by atoms with Gasteiger partial charge in [-0.25, -0.2) is 4.98 Å². The molecule has 19 heavy (non-hydrogen) atoms. The van der Waals surface area contributed by atoms with E-state index in [1.54, 1.807) is 0 Å². The van der Waals surface area contributed by atoms with Crippen LogP contribution in [0, 0.1) is 0 Å². The molecular weight excluding hydrogens is 274 g/mol. The highest BCUT2D eigenvalue weighted by Crippen LogP contribution is 1.95. The van der Waals surface area contributed by atoms with Crippen molar-refractivity contribution in [1.82, 2.24) is 25.2 Å². The first kappa shape index (κ1) is 13.0. The highest BCUT2D eigenvalue weighted by atomic mass is 32.1. The van der Waals surface area contributed by atoms with E-state index in [1.165, 1.54) is 12.5 Å². The highest BCUT2D eigenvalue weighted by Gasteiger charge is 2.05. The van der Waals surface area contributed by atoms with Crippen LogP contribution in [0.1, 0.15) is 0 Å². The zero-order valence-corrected chi connectivity index (χ0v) is 10.3. The summed E-state index contributed by atoms with van der Waals surface area (Å²) >= 11 is 1.13. The topological polar surface area (TPSA) is 126 Å². The largest absolute Gasteiger partial charge is 0.480 e. The van der Waals surface area contributed by atoms with Crippen molar-refractivity contribution in [2.75, 3.05) is 13.1 Å². The SMILES string of the molecule is O=C(O)CNC(=O)CN/C=c1\sc2ncnn2c1=O. The van der Waals surface area contributed by atoms with E-state index >= 15 is 0 Å². The van der Waals surface area contributed by atoms with Gasteiger partial charge in [-0.05, 0) is 0 Å². The molecular formula is C9H9N5O4S. The van der Waals surface area contributed by atoms with Crippen molar-refractivity contribution < 1.29 is 14.7 Å². The zero-order chi connectivity index (χ0) is 13.8. The van der Waals surface area contributed by atoms with Gasteiger partial charge in [0.1, 0.15) is 17.4 Å². The maximum absolute atomic E-state index is 11.7. The zero-order valence-electron chi connectivity index (χ0n) is 9.49. The van der Waals surface area contributed by atoms with Gasteiger partial charge in [-0.2, -0.15) is 9.61 Å². The van der Waals surface area contributed by atoms with Crippen LogP contribution in [-0.4, -0.2) is 44.7 Å². The standard InChI is InChI=1S/C9H9N5O4S/c15-6(11-3-7(16)17)2-10-1-5-8(18)14-9(19-5)12-4-13-14/h1,4,10H,2-3H2,(H,11,15)(H,16,17)/b5-1-. The van der Waals surface area contributed by atoms with Crippen molar-refractivity contribution >= 4 is 34.4 Å². The van der Waals surface area contributed by atoms with Crippen LogP contribution in [0.5, 0.6) is 0 Å². The number of hydrogen-bond acceptors (Lipinski definition) is 7. The molecule has 3 N–H and O–H groups in total. The summed E-state index contributed by atoms with van der Waals surface area (Å²) in [5, 5.41) is 16.9. The summed E-state index contributed by atoms with van der Waals surface area (Å²) in [6.45, 7) is -0.565. The minimum atomic E-state index is -1.12. The van der Waals surface area contributed by atoms with E-state index in [4.69, 9.17) is 5.11 Å². The monoisotopic (exact) mass is 283 g/mol. The number of carboxylic acids is 1. The van der Waals surface area contributed by atoms with Gasteiger partial charge in [-0.3, -0.25) is 14.4 Å². The quantitative estimate of drug-likeness (QED) is 0.549. The van der Waals surface area contributed by atoms with Crippen LogP contribution in [0.15, 0.2) is 11.1 Å². The molecule has 0 aliphatic heterocycles. The van der Waals surface area contributed by atoms with E-state index in [0.29, 0.717) is 9.49 Å². The summed E-state index contributed by atoms with van der Waals surface area (Å²) in [6, 6.07) is 0. The summed E-state index contributed by atoms with van der Waals surface area (Å²) < 4.78 is 1.52. The maximum Gasteiger partial charge on any atom is 0.322 e. The number of fused-ring (bicyclic) bond motifs is 1. The van der Waals surface area contributed by atoms with Gasteiger partial charge in [-0.15, -0.1) is 0 Å². The van der Waals surface area contributed by atoms with Crippen molar-refractivity contribution in [3.63, 3.8) is 0 Å². The number of rotatable bonds is 5. The molecule has 1 amide bonds. The number of amides is 1. The highest BCUT2D eigenvalue weighted by molar-refractivity contribution is 7.14. The molecule has 2 aromatic rings. The van der Waals surface area contributed by atoms with Crippen molar-refractivity contribution in [1.29, 1.82) is 0 Å². The van der Waals surface area contributed by atoms with Crippen LogP contribution < -0.4 is 20.7 Å². The average molecular weight is 283 g/mol. The van der Waals surface area contributed by atoms with Gasteiger partial charge < -0.3 is 15.7 Å². The number of thiazole rings is 1. The summed E-state index contributed by atoms with van der Waals surface area (Å²) in [6.07, 6.45) is 2.66. The van der Waals surface area contributed by atoms with Crippen LogP contribution in [0.4, 0.5) is 0 Å². The summed E-state index contributed by atoms with van der Waals surface area (Å²) in [5.41, 5.74) is -0.323. The Morgan fingerprint density at radius 2 is 2.26 bits per heavy atom. The smallest absolute Gasteiger partial charge is 0.322 e. The van der Waals surface area contributed by atoms with Gasteiger partial charge in [0.05, 0.1) is 6.54 Å². The second-order valence-corrected chi connectivity index (χ2v) is 4.43. The van der Waals surface area contributed by atoms with Gasteiger partial charge in [0.15, 0.2) is 0 Å². The number of carbonyl (C=O) groups excluding carboxylic acids is 1. The first-order valence-corrected chi connectivity index (χ1v) is 5.94. The van der Waals surface area contributed by atoms with Gasteiger partial charge in [0, 0.05) is 6.20 Å². The average Bonchev–Trinajstić information content (AvgIpc) is 2.91. The summed E-state index contributed by atoms with van der Waals surface area (Å²) in [7, 11) is 0. The molecule has 100 valence electrons. The van der Waals surface area contributed by atoms with E-state index < -0.39 is 18.4 Å². The van der Waals surface area contributed by atoms with Gasteiger partial charge >= 0.3 is 5.97 Å². The fourth-order valence-electron chi connectivity index (χ4n) is 1.25. The van der Waals surface area contributed by atoms with Crippen molar-refractivity contribution in [3.8, 4) is 0 Å². The van der Waals surface area contributed by atoms with E-state index in [9.17, 15) is 14.4 Å². The lowest BCUT2D eigenvalue weighted by Crippen LogP contribution is -2.36. The number of hydrogen-bond donors (Lipinski definition) is 3. The molecule has 0 unspecified atom stereocenters. The van der Waals surface area contributed by atoms with E-state index in [2.05, 4.69) is 20.7 Å². The third kappa shape index (κ3) is 3.04. The van der Waals surface area contributed by atoms with Crippen molar-refractivity contribution in [2.45, 2.75) is 0 Å². The normalized spacial score (nSPS) is 11.7. The molecule has 2 heterocycles. The lowest BCUT2D eigenvalue weighted by molar-refractivity contribution is -0.137. The molecule has 0 aromatic carbocycles. The number of nitrogens with zero attached hydrogens (tertiary/aromatic N) is 3. The molecule has 0 spiro atoms. The Labute approximate surface area is 109 Å². The lowest BCUT2D eigenvalue weighted by Gasteiger charge is -2.00. The molecule has 0 aliphatic rings. The van der Waals surface area contributed by atoms with Gasteiger partial charge in [0.25, 0.3) is 5.56 Å². The second kappa shape index (κ2) is 5.44. The van der Waals surface area contributed by atoms with Crippen LogP contribution in [-0.2, 0) is 9.59 Å². The molecule has 0 saturated heterocycles. The molecule has 0 atom stereocenters. The minimum Gasteiger partial charge on any atom is -0.480 e. The number of carbonyl (C=O) groups is 2. The summed E-state index contributed by atoms with van der Waals surface area (Å²) in [4.78, 5) is 37.4. The molecule has 0 fully saturated rings. The first-order valence-electron chi connectivity index (χ1n) is 5.12. The summed E-state index contributed by atoms with van der Waals surface area (Å²) in [5.74, 6) is -1.60. The molecule has 0 radical (unpaired) electrons. The van der Waals surface area contributed by atoms with E-state index in [-0.39, 0.29) is 12.1 Å². The van der Waals surface area contributed by atoms with Crippen LogP contribution in [0.25, 0.3) is 11.2 Å². The predicted octanol–water partition coefficient (Wildman–Crippen LogP) is -2.60. The number of aromatic nitrogens is 3. The molecule has 0 bridgehead atoms. The van der Waals surface area contributed by atoms with Crippen LogP contribution in [0.3, 0.4) is 0 Å².